The number of rotatable bonds is 4. The summed E-state index contributed by atoms with van der Waals surface area (Å²) in [5, 5.41) is 0.0285. The fourth-order valence-corrected chi connectivity index (χ4v) is 1.81. The molecule has 0 atom stereocenters. The van der Waals surface area contributed by atoms with E-state index in [0.717, 1.165) is 0 Å². The molecular weight excluding hydrogens is 304 g/mol. The van der Waals surface area contributed by atoms with Gasteiger partial charge in [-0.3, -0.25) is 0 Å². The standard InChI is InChI=1S/C14H10ClF2NOS/c15-10-3-1-8(5-11(10)16)7-19-13-4-2-9(14(18)20)6-12(13)17/h1-6H,7H2,(H2,18,20). The molecule has 0 radical (unpaired) electrons. The molecule has 0 saturated carbocycles. The molecule has 2 rings (SSSR count). The molecule has 0 unspecified atom stereocenters. The molecule has 104 valence electrons. The molecule has 0 spiro atoms. The molecule has 0 saturated heterocycles. The van der Waals surface area contributed by atoms with E-state index in [9.17, 15) is 8.78 Å². The Bertz CT molecular complexity index is 664. The van der Waals surface area contributed by atoms with Crippen LogP contribution in [0.25, 0.3) is 0 Å². The minimum Gasteiger partial charge on any atom is -0.486 e. The normalized spacial score (nSPS) is 10.3. The van der Waals surface area contributed by atoms with Crippen molar-refractivity contribution in [3.8, 4) is 5.75 Å². The van der Waals surface area contributed by atoms with Gasteiger partial charge in [0.1, 0.15) is 17.4 Å². The lowest BCUT2D eigenvalue weighted by Gasteiger charge is -2.09. The third kappa shape index (κ3) is 3.43. The summed E-state index contributed by atoms with van der Waals surface area (Å²) >= 11 is 10.3. The van der Waals surface area contributed by atoms with Gasteiger partial charge in [0.05, 0.1) is 5.02 Å². The summed E-state index contributed by atoms with van der Waals surface area (Å²) in [5.41, 5.74) is 6.36. The highest BCUT2D eigenvalue weighted by Crippen LogP contribution is 2.21. The molecule has 2 nitrogen and oxygen atoms in total. The highest BCUT2D eigenvalue weighted by molar-refractivity contribution is 7.80. The predicted molar refractivity (Wildman–Crippen MR) is 78.0 cm³/mol. The summed E-state index contributed by atoms with van der Waals surface area (Å²) in [6.45, 7) is 0.0252. The average molecular weight is 314 g/mol. The molecule has 0 aromatic heterocycles. The first-order valence-corrected chi connectivity index (χ1v) is 6.42. The fourth-order valence-electron chi connectivity index (χ4n) is 1.56. The maximum atomic E-state index is 13.7. The van der Waals surface area contributed by atoms with Crippen molar-refractivity contribution in [3.05, 3.63) is 64.2 Å². The van der Waals surface area contributed by atoms with Gasteiger partial charge in [0, 0.05) is 5.56 Å². The van der Waals surface area contributed by atoms with Crippen LogP contribution in [0.4, 0.5) is 8.78 Å². The predicted octanol–water partition coefficient (Wildman–Crippen LogP) is 3.83. The van der Waals surface area contributed by atoms with Crippen LogP contribution in [0.3, 0.4) is 0 Å². The van der Waals surface area contributed by atoms with Crippen molar-refractivity contribution in [2.75, 3.05) is 0 Å². The Morgan fingerprint density at radius 2 is 1.90 bits per heavy atom. The Morgan fingerprint density at radius 3 is 2.50 bits per heavy atom. The van der Waals surface area contributed by atoms with Gasteiger partial charge < -0.3 is 10.5 Å². The lowest BCUT2D eigenvalue weighted by molar-refractivity contribution is 0.290. The zero-order chi connectivity index (χ0) is 14.7. The third-order valence-electron chi connectivity index (χ3n) is 2.59. The first-order chi connectivity index (χ1) is 9.47. The van der Waals surface area contributed by atoms with Crippen molar-refractivity contribution in [3.63, 3.8) is 0 Å². The number of halogens is 3. The number of hydrogen-bond donors (Lipinski definition) is 1. The quantitative estimate of drug-likeness (QED) is 0.871. The van der Waals surface area contributed by atoms with Crippen LogP contribution < -0.4 is 10.5 Å². The first kappa shape index (κ1) is 14.7. The van der Waals surface area contributed by atoms with Crippen molar-refractivity contribution < 1.29 is 13.5 Å². The molecule has 0 heterocycles. The van der Waals surface area contributed by atoms with Crippen LogP contribution >= 0.6 is 23.8 Å². The highest BCUT2D eigenvalue weighted by atomic mass is 35.5. The zero-order valence-electron chi connectivity index (χ0n) is 10.2. The van der Waals surface area contributed by atoms with Gasteiger partial charge in [-0.15, -0.1) is 0 Å². The minimum absolute atomic E-state index is 0.0252. The summed E-state index contributed by atoms with van der Waals surface area (Å²) in [6, 6.07) is 8.44. The molecule has 0 aliphatic heterocycles. The largest absolute Gasteiger partial charge is 0.486 e. The molecule has 20 heavy (non-hydrogen) atoms. The molecule has 2 aromatic rings. The third-order valence-corrected chi connectivity index (χ3v) is 3.14. The Hall–Kier alpha value is -1.72. The Kier molecular flexibility index (Phi) is 4.52. The van der Waals surface area contributed by atoms with E-state index in [-0.39, 0.29) is 22.4 Å². The smallest absolute Gasteiger partial charge is 0.165 e. The van der Waals surface area contributed by atoms with E-state index in [1.807, 2.05) is 0 Å². The molecule has 2 aromatic carbocycles. The van der Waals surface area contributed by atoms with E-state index >= 15 is 0 Å². The Morgan fingerprint density at radius 1 is 1.15 bits per heavy atom. The molecule has 0 aliphatic carbocycles. The van der Waals surface area contributed by atoms with Crippen LogP contribution in [0.15, 0.2) is 36.4 Å². The van der Waals surface area contributed by atoms with Crippen molar-refractivity contribution in [2.45, 2.75) is 6.61 Å². The van der Waals surface area contributed by atoms with Gasteiger partial charge >= 0.3 is 0 Å². The average Bonchev–Trinajstić information content (AvgIpc) is 2.41. The van der Waals surface area contributed by atoms with Crippen molar-refractivity contribution in [1.82, 2.24) is 0 Å². The van der Waals surface area contributed by atoms with E-state index in [1.54, 1.807) is 12.1 Å². The number of hydrogen-bond acceptors (Lipinski definition) is 2. The summed E-state index contributed by atoms with van der Waals surface area (Å²) in [6.07, 6.45) is 0. The maximum Gasteiger partial charge on any atom is 0.165 e. The van der Waals surface area contributed by atoms with Crippen LogP contribution in [0, 0.1) is 11.6 Å². The minimum atomic E-state index is -0.579. The molecule has 0 amide bonds. The summed E-state index contributed by atoms with van der Waals surface area (Å²) in [7, 11) is 0. The summed E-state index contributed by atoms with van der Waals surface area (Å²) in [4.78, 5) is 0.107. The van der Waals surface area contributed by atoms with Crippen molar-refractivity contribution >= 4 is 28.8 Å². The molecule has 0 aliphatic rings. The molecule has 0 fully saturated rings. The molecule has 6 heteroatoms. The van der Waals surface area contributed by atoms with Crippen molar-refractivity contribution in [2.24, 2.45) is 5.73 Å². The second kappa shape index (κ2) is 6.15. The SMILES string of the molecule is NC(=S)c1ccc(OCc2ccc(Cl)c(F)c2)c(F)c1. The van der Waals surface area contributed by atoms with Gasteiger partial charge in [-0.25, -0.2) is 8.78 Å². The summed E-state index contributed by atoms with van der Waals surface area (Å²) in [5.74, 6) is -1.08. The number of thiocarbonyl (C=S) groups is 1. The van der Waals surface area contributed by atoms with Gasteiger partial charge in [0.15, 0.2) is 11.6 Å². The van der Waals surface area contributed by atoms with Crippen LogP contribution in [0.5, 0.6) is 5.75 Å². The van der Waals surface area contributed by atoms with Gasteiger partial charge in [0.25, 0.3) is 0 Å². The van der Waals surface area contributed by atoms with E-state index in [4.69, 9.17) is 34.3 Å². The Labute approximate surface area is 125 Å². The van der Waals surface area contributed by atoms with Gasteiger partial charge in [-0.2, -0.15) is 0 Å². The molecule has 0 bridgehead atoms. The van der Waals surface area contributed by atoms with Crippen LogP contribution in [-0.2, 0) is 6.61 Å². The zero-order valence-corrected chi connectivity index (χ0v) is 11.8. The van der Waals surface area contributed by atoms with E-state index in [0.29, 0.717) is 11.1 Å². The van der Waals surface area contributed by atoms with Crippen LogP contribution in [0.1, 0.15) is 11.1 Å². The molecular formula is C14H10ClF2NOS. The highest BCUT2D eigenvalue weighted by Gasteiger charge is 2.07. The number of benzene rings is 2. The van der Waals surface area contributed by atoms with Crippen LogP contribution in [-0.4, -0.2) is 4.99 Å². The lowest BCUT2D eigenvalue weighted by atomic mass is 10.2. The first-order valence-electron chi connectivity index (χ1n) is 5.63. The lowest BCUT2D eigenvalue weighted by Crippen LogP contribution is -2.09. The van der Waals surface area contributed by atoms with E-state index in [2.05, 4.69) is 0 Å². The maximum absolute atomic E-state index is 13.7. The van der Waals surface area contributed by atoms with Crippen LogP contribution in [0.2, 0.25) is 5.02 Å². The van der Waals surface area contributed by atoms with E-state index < -0.39 is 11.6 Å². The second-order valence-electron chi connectivity index (χ2n) is 4.05. The number of ether oxygens (including phenoxy) is 1. The topological polar surface area (TPSA) is 35.2 Å². The monoisotopic (exact) mass is 313 g/mol. The van der Waals surface area contributed by atoms with Gasteiger partial charge in [0.2, 0.25) is 0 Å². The van der Waals surface area contributed by atoms with Gasteiger partial charge in [-0.05, 0) is 35.9 Å². The van der Waals surface area contributed by atoms with E-state index in [1.165, 1.54) is 24.3 Å². The van der Waals surface area contributed by atoms with Crippen molar-refractivity contribution in [1.29, 1.82) is 0 Å². The number of nitrogens with two attached hydrogens (primary N) is 1. The van der Waals surface area contributed by atoms with Gasteiger partial charge in [-0.1, -0.05) is 29.9 Å². The summed E-state index contributed by atoms with van der Waals surface area (Å²) < 4.78 is 32.2. The Balaban J connectivity index is 2.10. The molecule has 2 N–H and O–H groups in total. The fraction of sp³-hybridized carbons (Fsp3) is 0.0714. The second-order valence-corrected chi connectivity index (χ2v) is 4.89.